The molecule has 1 aliphatic carbocycles. The molecule has 2 atom stereocenters. The van der Waals surface area contributed by atoms with Crippen LogP contribution in [0.1, 0.15) is 50.8 Å². The third-order valence-electron chi connectivity index (χ3n) is 6.48. The normalized spacial score (nSPS) is 20.7. The Kier molecular flexibility index (Phi) is 6.15. The first-order valence-corrected chi connectivity index (χ1v) is 11.9. The van der Waals surface area contributed by atoms with Gasteiger partial charge in [0.1, 0.15) is 11.7 Å². The van der Waals surface area contributed by atoms with E-state index >= 15 is 0 Å². The second-order valence-electron chi connectivity index (χ2n) is 9.13. The fourth-order valence-corrected chi connectivity index (χ4v) is 5.49. The van der Waals surface area contributed by atoms with Crippen LogP contribution in [0.15, 0.2) is 29.8 Å². The van der Waals surface area contributed by atoms with E-state index in [2.05, 4.69) is 10.3 Å². The number of carbonyl (C=O) groups is 2. The van der Waals surface area contributed by atoms with Crippen LogP contribution in [0.3, 0.4) is 0 Å². The molecule has 2 aliphatic rings. The molecule has 1 aliphatic heterocycles. The van der Waals surface area contributed by atoms with E-state index in [9.17, 15) is 14.0 Å². The number of alkyl halides is 1. The van der Waals surface area contributed by atoms with Crippen molar-refractivity contribution in [2.24, 2.45) is 11.8 Å². The smallest absolute Gasteiger partial charge is 0.243 e. The van der Waals surface area contributed by atoms with Gasteiger partial charge < -0.3 is 10.2 Å². The van der Waals surface area contributed by atoms with Gasteiger partial charge in [0, 0.05) is 13.1 Å². The van der Waals surface area contributed by atoms with Gasteiger partial charge in [0.2, 0.25) is 11.8 Å². The Bertz CT molecular complexity index is 952. The van der Waals surface area contributed by atoms with Crippen LogP contribution in [0.4, 0.5) is 4.39 Å². The Morgan fingerprint density at radius 1 is 1.29 bits per heavy atom. The highest BCUT2D eigenvalue weighted by atomic mass is 32.1. The minimum absolute atomic E-state index is 0.0787. The fourth-order valence-electron chi connectivity index (χ4n) is 4.68. The predicted molar refractivity (Wildman–Crippen MR) is 120 cm³/mol. The Morgan fingerprint density at radius 3 is 2.58 bits per heavy atom. The van der Waals surface area contributed by atoms with Crippen molar-refractivity contribution in [1.29, 1.82) is 0 Å². The summed E-state index contributed by atoms with van der Waals surface area (Å²) >= 11 is 1.61. The molecule has 1 N–H and O–H groups in total. The Morgan fingerprint density at radius 2 is 2.00 bits per heavy atom. The fraction of sp³-hybridized carbons (Fsp3) is 0.542. The van der Waals surface area contributed by atoms with Gasteiger partial charge in [0.05, 0.1) is 22.0 Å². The summed E-state index contributed by atoms with van der Waals surface area (Å²) in [6.07, 6.45) is 2.30. The maximum absolute atomic E-state index is 14.8. The molecule has 2 heterocycles. The third-order valence-corrected chi connectivity index (χ3v) is 7.46. The lowest BCUT2D eigenvalue weighted by atomic mass is 9.87. The number of benzene rings is 1. The minimum Gasteiger partial charge on any atom is -0.350 e. The average molecular weight is 444 g/mol. The molecule has 2 fully saturated rings. The summed E-state index contributed by atoms with van der Waals surface area (Å²) in [5.74, 6) is -1.08. The Labute approximate surface area is 187 Å². The summed E-state index contributed by atoms with van der Waals surface area (Å²) in [6.45, 7) is 6.71. The lowest BCUT2D eigenvalue weighted by molar-refractivity contribution is -0.145. The number of carbonyl (C=O) groups excluding carboxylic acids is 2. The van der Waals surface area contributed by atoms with Crippen LogP contribution in [-0.4, -0.2) is 40.0 Å². The molecule has 1 aromatic heterocycles. The van der Waals surface area contributed by atoms with E-state index < -0.39 is 17.6 Å². The van der Waals surface area contributed by atoms with Crippen molar-refractivity contribution in [3.63, 3.8) is 0 Å². The maximum Gasteiger partial charge on any atom is 0.243 e. The molecule has 2 amide bonds. The zero-order valence-corrected chi connectivity index (χ0v) is 19.2. The summed E-state index contributed by atoms with van der Waals surface area (Å²) in [4.78, 5) is 33.1. The molecule has 2 unspecified atom stereocenters. The number of amides is 2. The number of likely N-dealkylation sites (tertiary alicyclic amines) is 1. The van der Waals surface area contributed by atoms with Gasteiger partial charge >= 0.3 is 0 Å². The van der Waals surface area contributed by atoms with Crippen LogP contribution in [0.5, 0.6) is 0 Å². The number of nitrogens with zero attached hydrogens (tertiary/aromatic N) is 2. The van der Waals surface area contributed by atoms with Crippen LogP contribution >= 0.6 is 11.3 Å². The number of hydrogen-bond acceptors (Lipinski definition) is 4. The van der Waals surface area contributed by atoms with Crippen molar-refractivity contribution in [1.82, 2.24) is 15.2 Å². The largest absolute Gasteiger partial charge is 0.350 e. The summed E-state index contributed by atoms with van der Waals surface area (Å²) in [7, 11) is 0. The first-order valence-electron chi connectivity index (χ1n) is 11.1. The molecule has 31 heavy (non-hydrogen) atoms. The molecule has 0 radical (unpaired) electrons. The average Bonchev–Trinajstić information content (AvgIpc) is 3.13. The Balaban J connectivity index is 1.38. The highest BCUT2D eigenvalue weighted by Crippen LogP contribution is 2.50. The van der Waals surface area contributed by atoms with Crippen LogP contribution in [0, 0.1) is 18.8 Å². The molecule has 4 rings (SSSR count). The van der Waals surface area contributed by atoms with Gasteiger partial charge in [-0.15, -0.1) is 11.3 Å². The molecule has 7 heteroatoms. The monoisotopic (exact) mass is 443 g/mol. The van der Waals surface area contributed by atoms with E-state index in [1.165, 1.54) is 0 Å². The molecule has 0 bridgehead atoms. The SMILES string of the molecule is Cc1ncsc1-c1ccc(CNC(=O)C2CCCN2C(=O)C(C(C)C)C2(F)CC2)cc1. The molecule has 1 saturated carbocycles. The van der Waals surface area contributed by atoms with Gasteiger partial charge in [0.15, 0.2) is 0 Å². The van der Waals surface area contributed by atoms with Crippen molar-refractivity contribution < 1.29 is 14.0 Å². The van der Waals surface area contributed by atoms with Crippen LogP contribution in [0.2, 0.25) is 0 Å². The lowest BCUT2D eigenvalue weighted by Gasteiger charge is -2.31. The van der Waals surface area contributed by atoms with Crippen molar-refractivity contribution in [2.75, 3.05) is 6.54 Å². The molecular weight excluding hydrogens is 413 g/mol. The molecule has 2 aromatic rings. The molecule has 0 spiro atoms. The Hall–Kier alpha value is -2.28. The van der Waals surface area contributed by atoms with E-state index in [4.69, 9.17) is 0 Å². The van der Waals surface area contributed by atoms with Crippen molar-refractivity contribution >= 4 is 23.2 Å². The van der Waals surface area contributed by atoms with E-state index in [0.717, 1.165) is 28.1 Å². The first-order chi connectivity index (χ1) is 14.8. The molecule has 1 saturated heterocycles. The van der Waals surface area contributed by atoms with Gasteiger partial charge in [-0.05, 0) is 49.7 Å². The van der Waals surface area contributed by atoms with E-state index in [1.807, 2.05) is 50.5 Å². The topological polar surface area (TPSA) is 62.3 Å². The highest BCUT2D eigenvalue weighted by Gasteiger charge is 2.56. The summed E-state index contributed by atoms with van der Waals surface area (Å²) < 4.78 is 14.8. The highest BCUT2D eigenvalue weighted by molar-refractivity contribution is 7.13. The van der Waals surface area contributed by atoms with Gasteiger partial charge in [0.25, 0.3) is 0 Å². The molecule has 5 nitrogen and oxygen atoms in total. The van der Waals surface area contributed by atoms with Gasteiger partial charge in [-0.1, -0.05) is 38.1 Å². The van der Waals surface area contributed by atoms with E-state index in [-0.39, 0.29) is 17.7 Å². The summed E-state index contributed by atoms with van der Waals surface area (Å²) in [5, 5.41) is 2.98. The molecule has 166 valence electrons. The quantitative estimate of drug-likeness (QED) is 0.685. The number of halogens is 1. The first kappa shape index (κ1) is 21.9. The van der Waals surface area contributed by atoms with E-state index in [0.29, 0.717) is 32.4 Å². The number of aryl methyl sites for hydroxylation is 1. The second kappa shape index (κ2) is 8.69. The van der Waals surface area contributed by atoms with Gasteiger partial charge in [-0.2, -0.15) is 0 Å². The number of hydrogen-bond donors (Lipinski definition) is 1. The van der Waals surface area contributed by atoms with Crippen molar-refractivity contribution in [3.05, 3.63) is 41.0 Å². The lowest BCUT2D eigenvalue weighted by Crippen LogP contribution is -2.50. The number of thiazole rings is 1. The van der Waals surface area contributed by atoms with Crippen molar-refractivity contribution in [3.8, 4) is 10.4 Å². The van der Waals surface area contributed by atoms with E-state index in [1.54, 1.807) is 16.2 Å². The third kappa shape index (κ3) is 4.52. The van der Waals surface area contributed by atoms with Crippen LogP contribution in [0.25, 0.3) is 10.4 Å². The number of nitrogens with one attached hydrogen (secondary N) is 1. The zero-order chi connectivity index (χ0) is 22.2. The number of aromatic nitrogens is 1. The zero-order valence-electron chi connectivity index (χ0n) is 18.4. The standard InChI is InChI=1S/C24H30FN3O2S/c1-15(2)20(24(25)10-11-24)23(30)28-12-4-5-19(28)22(29)26-13-17-6-8-18(9-7-17)21-16(3)27-14-31-21/h6-9,14-15,19-20H,4-5,10-13H2,1-3H3,(H,26,29). The predicted octanol–water partition coefficient (Wildman–Crippen LogP) is 4.50. The molecular formula is C24H30FN3O2S. The van der Waals surface area contributed by atoms with Gasteiger partial charge in [-0.25, -0.2) is 9.37 Å². The van der Waals surface area contributed by atoms with Crippen molar-refractivity contribution in [2.45, 2.75) is 64.7 Å². The molecule has 1 aromatic carbocycles. The minimum atomic E-state index is -1.38. The van der Waals surface area contributed by atoms with Crippen LogP contribution in [-0.2, 0) is 16.1 Å². The maximum atomic E-state index is 14.8. The summed E-state index contributed by atoms with van der Waals surface area (Å²) in [6, 6.07) is 7.58. The second-order valence-corrected chi connectivity index (χ2v) is 9.98. The number of rotatable bonds is 7. The van der Waals surface area contributed by atoms with Gasteiger partial charge in [-0.3, -0.25) is 9.59 Å². The van der Waals surface area contributed by atoms with Crippen LogP contribution < -0.4 is 5.32 Å². The summed E-state index contributed by atoms with van der Waals surface area (Å²) in [5.41, 5.74) is 3.58.